The third-order valence-electron chi connectivity index (χ3n) is 2.52. The Bertz CT molecular complexity index is 526. The maximum atomic E-state index is 6.09. The first-order valence-corrected chi connectivity index (χ1v) is 6.30. The molecule has 0 aliphatic rings. The molecule has 1 aromatic heterocycles. The van der Waals surface area contributed by atoms with Crippen LogP contribution in [0.2, 0.25) is 10.0 Å². The average Bonchev–Trinajstić information content (AvgIpc) is 2.34. The Morgan fingerprint density at radius 2 is 2.00 bits per heavy atom. The summed E-state index contributed by atoms with van der Waals surface area (Å²) in [5.74, 6) is 0.515. The van der Waals surface area contributed by atoms with Crippen LogP contribution >= 0.6 is 23.2 Å². The van der Waals surface area contributed by atoms with E-state index < -0.39 is 0 Å². The molecule has 18 heavy (non-hydrogen) atoms. The fourth-order valence-electron chi connectivity index (χ4n) is 1.58. The molecular weight excluding hydrogens is 269 g/mol. The first kappa shape index (κ1) is 13.0. The summed E-state index contributed by atoms with van der Waals surface area (Å²) in [6.07, 6.45) is 2.53. The number of rotatable bonds is 4. The molecule has 0 saturated carbocycles. The summed E-state index contributed by atoms with van der Waals surface area (Å²) in [6.45, 7) is 0.771. The standard InChI is InChI=1S/C13H13Cl2N3/c14-10-2-1-9(12(15)7-10)5-6-17-11-3-4-13(16)18-8-11/h1-4,7-8,17H,5-6H2,(H2,16,18). The number of pyridine rings is 1. The third kappa shape index (κ3) is 3.52. The Balaban J connectivity index is 1.90. The van der Waals surface area contributed by atoms with Crippen LogP contribution < -0.4 is 11.1 Å². The fraction of sp³-hybridized carbons (Fsp3) is 0.154. The highest BCUT2D eigenvalue weighted by Crippen LogP contribution is 2.21. The van der Waals surface area contributed by atoms with Crippen LogP contribution in [-0.4, -0.2) is 11.5 Å². The van der Waals surface area contributed by atoms with Crippen molar-refractivity contribution in [3.63, 3.8) is 0 Å². The van der Waals surface area contributed by atoms with E-state index in [0.29, 0.717) is 15.9 Å². The number of anilines is 2. The number of halogens is 2. The Hall–Kier alpha value is -1.45. The van der Waals surface area contributed by atoms with E-state index in [9.17, 15) is 0 Å². The predicted octanol–water partition coefficient (Wildman–Crippen LogP) is 3.63. The number of nitrogen functional groups attached to an aromatic ring is 1. The van der Waals surface area contributed by atoms with Gasteiger partial charge in [-0.2, -0.15) is 0 Å². The van der Waals surface area contributed by atoms with Gasteiger partial charge >= 0.3 is 0 Å². The van der Waals surface area contributed by atoms with Gasteiger partial charge in [0.1, 0.15) is 5.82 Å². The molecule has 0 fully saturated rings. The van der Waals surface area contributed by atoms with Gasteiger partial charge in [0.25, 0.3) is 0 Å². The van der Waals surface area contributed by atoms with Gasteiger partial charge in [0.05, 0.1) is 11.9 Å². The lowest BCUT2D eigenvalue weighted by molar-refractivity contribution is 1.02. The summed E-state index contributed by atoms with van der Waals surface area (Å²) in [7, 11) is 0. The largest absolute Gasteiger partial charge is 0.384 e. The van der Waals surface area contributed by atoms with Crippen LogP contribution in [0.25, 0.3) is 0 Å². The Morgan fingerprint density at radius 1 is 1.17 bits per heavy atom. The molecule has 0 radical (unpaired) electrons. The molecule has 0 spiro atoms. The number of benzene rings is 1. The third-order valence-corrected chi connectivity index (χ3v) is 3.11. The Labute approximate surface area is 116 Å². The van der Waals surface area contributed by atoms with Gasteiger partial charge < -0.3 is 11.1 Å². The van der Waals surface area contributed by atoms with Crippen molar-refractivity contribution in [3.8, 4) is 0 Å². The average molecular weight is 282 g/mol. The van der Waals surface area contributed by atoms with E-state index in [1.807, 2.05) is 18.2 Å². The highest BCUT2D eigenvalue weighted by atomic mass is 35.5. The van der Waals surface area contributed by atoms with E-state index in [-0.39, 0.29) is 0 Å². The zero-order chi connectivity index (χ0) is 13.0. The van der Waals surface area contributed by atoms with E-state index in [1.165, 1.54) is 0 Å². The quantitative estimate of drug-likeness (QED) is 0.900. The number of aromatic nitrogens is 1. The van der Waals surface area contributed by atoms with Gasteiger partial charge in [0, 0.05) is 16.6 Å². The van der Waals surface area contributed by atoms with Crippen LogP contribution in [0.3, 0.4) is 0 Å². The van der Waals surface area contributed by atoms with Gasteiger partial charge in [-0.1, -0.05) is 29.3 Å². The van der Waals surface area contributed by atoms with Gasteiger partial charge in [0.15, 0.2) is 0 Å². The van der Waals surface area contributed by atoms with Crippen LogP contribution in [0.4, 0.5) is 11.5 Å². The number of nitrogens with zero attached hydrogens (tertiary/aromatic N) is 1. The zero-order valence-electron chi connectivity index (χ0n) is 9.66. The minimum Gasteiger partial charge on any atom is -0.384 e. The lowest BCUT2D eigenvalue weighted by Crippen LogP contribution is -2.05. The minimum absolute atomic E-state index is 0.515. The predicted molar refractivity (Wildman–Crippen MR) is 77.3 cm³/mol. The minimum atomic E-state index is 0.515. The van der Waals surface area contributed by atoms with E-state index in [2.05, 4.69) is 10.3 Å². The molecule has 0 amide bonds. The molecule has 1 aromatic carbocycles. The molecule has 3 N–H and O–H groups in total. The monoisotopic (exact) mass is 281 g/mol. The van der Waals surface area contributed by atoms with Crippen molar-refractivity contribution in [2.24, 2.45) is 0 Å². The SMILES string of the molecule is Nc1ccc(NCCc2ccc(Cl)cc2Cl)cn1. The van der Waals surface area contributed by atoms with Crippen LogP contribution in [-0.2, 0) is 6.42 Å². The second-order valence-electron chi connectivity index (χ2n) is 3.88. The Morgan fingerprint density at radius 3 is 2.67 bits per heavy atom. The lowest BCUT2D eigenvalue weighted by atomic mass is 10.1. The highest BCUT2D eigenvalue weighted by Gasteiger charge is 2.01. The summed E-state index contributed by atoms with van der Waals surface area (Å²) in [5, 5.41) is 4.60. The zero-order valence-corrected chi connectivity index (χ0v) is 11.2. The lowest BCUT2D eigenvalue weighted by Gasteiger charge is -2.07. The molecule has 0 aliphatic heterocycles. The molecule has 3 nitrogen and oxygen atoms in total. The van der Waals surface area contributed by atoms with Gasteiger partial charge in [0.2, 0.25) is 0 Å². The molecule has 5 heteroatoms. The van der Waals surface area contributed by atoms with E-state index >= 15 is 0 Å². The topological polar surface area (TPSA) is 50.9 Å². The van der Waals surface area contributed by atoms with Crippen molar-refractivity contribution >= 4 is 34.7 Å². The summed E-state index contributed by atoms with van der Waals surface area (Å²) in [4.78, 5) is 4.01. The number of nitrogens with one attached hydrogen (secondary N) is 1. The van der Waals surface area contributed by atoms with Crippen LogP contribution in [0.5, 0.6) is 0 Å². The first-order valence-electron chi connectivity index (χ1n) is 5.54. The van der Waals surface area contributed by atoms with E-state index in [4.69, 9.17) is 28.9 Å². The Kier molecular flexibility index (Phi) is 4.28. The molecule has 94 valence electrons. The highest BCUT2D eigenvalue weighted by molar-refractivity contribution is 6.35. The smallest absolute Gasteiger partial charge is 0.123 e. The first-order chi connectivity index (χ1) is 8.65. The molecule has 2 aromatic rings. The van der Waals surface area contributed by atoms with Crippen LogP contribution in [0, 0.1) is 0 Å². The van der Waals surface area contributed by atoms with Crippen molar-refractivity contribution in [1.82, 2.24) is 4.98 Å². The number of nitrogens with two attached hydrogens (primary N) is 1. The number of hydrogen-bond acceptors (Lipinski definition) is 3. The van der Waals surface area contributed by atoms with Gasteiger partial charge in [-0.15, -0.1) is 0 Å². The van der Waals surface area contributed by atoms with Gasteiger partial charge in [-0.05, 0) is 36.2 Å². The maximum Gasteiger partial charge on any atom is 0.123 e. The molecule has 0 saturated heterocycles. The molecular formula is C13H13Cl2N3. The summed E-state index contributed by atoms with van der Waals surface area (Å²) in [6, 6.07) is 9.19. The van der Waals surface area contributed by atoms with Gasteiger partial charge in [-0.3, -0.25) is 0 Å². The van der Waals surface area contributed by atoms with Crippen LogP contribution in [0.15, 0.2) is 36.5 Å². The summed E-state index contributed by atoms with van der Waals surface area (Å²) < 4.78 is 0. The molecule has 0 atom stereocenters. The van der Waals surface area contributed by atoms with Crippen molar-refractivity contribution in [2.45, 2.75) is 6.42 Å². The normalized spacial score (nSPS) is 10.3. The molecule has 0 aliphatic carbocycles. The second kappa shape index (κ2) is 5.94. The molecule has 0 unspecified atom stereocenters. The summed E-state index contributed by atoms with van der Waals surface area (Å²) >= 11 is 11.9. The van der Waals surface area contributed by atoms with E-state index in [0.717, 1.165) is 24.2 Å². The van der Waals surface area contributed by atoms with E-state index in [1.54, 1.807) is 18.3 Å². The number of hydrogen-bond donors (Lipinski definition) is 2. The molecule has 2 rings (SSSR count). The van der Waals surface area contributed by atoms with Crippen molar-refractivity contribution in [1.29, 1.82) is 0 Å². The van der Waals surface area contributed by atoms with Crippen molar-refractivity contribution in [2.75, 3.05) is 17.6 Å². The maximum absolute atomic E-state index is 6.09. The molecule has 1 heterocycles. The van der Waals surface area contributed by atoms with Gasteiger partial charge in [-0.25, -0.2) is 4.98 Å². The molecule has 0 bridgehead atoms. The van der Waals surface area contributed by atoms with Crippen molar-refractivity contribution < 1.29 is 0 Å². The van der Waals surface area contributed by atoms with Crippen molar-refractivity contribution in [3.05, 3.63) is 52.1 Å². The summed E-state index contributed by atoms with van der Waals surface area (Å²) in [5.41, 5.74) is 7.52. The second-order valence-corrected chi connectivity index (χ2v) is 4.73. The fourth-order valence-corrected chi connectivity index (χ4v) is 2.08. The van der Waals surface area contributed by atoms with Crippen LogP contribution in [0.1, 0.15) is 5.56 Å².